The van der Waals surface area contributed by atoms with Crippen molar-refractivity contribution < 1.29 is 14.5 Å². The lowest BCUT2D eigenvalue weighted by Gasteiger charge is -2.23. The van der Waals surface area contributed by atoms with Crippen molar-refractivity contribution in [3.8, 4) is 5.75 Å². The fourth-order valence-electron chi connectivity index (χ4n) is 2.75. The first-order valence-electron chi connectivity index (χ1n) is 8.90. The van der Waals surface area contributed by atoms with Crippen LogP contribution in [0.3, 0.4) is 0 Å². The van der Waals surface area contributed by atoms with E-state index in [-0.39, 0.29) is 24.6 Å². The van der Waals surface area contributed by atoms with Crippen LogP contribution in [0.15, 0.2) is 84.9 Å². The number of carbonyl (C=O) groups excluding carboxylic acids is 1. The van der Waals surface area contributed by atoms with Gasteiger partial charge in [-0.15, -0.1) is 0 Å². The van der Waals surface area contributed by atoms with E-state index < -0.39 is 4.92 Å². The number of amides is 1. The molecule has 0 radical (unpaired) electrons. The van der Waals surface area contributed by atoms with Gasteiger partial charge in [-0.25, -0.2) is 0 Å². The summed E-state index contributed by atoms with van der Waals surface area (Å²) in [5.41, 5.74) is 1.87. The highest BCUT2D eigenvalue weighted by molar-refractivity contribution is 5.93. The van der Waals surface area contributed by atoms with Crippen LogP contribution in [-0.2, 0) is 11.3 Å². The minimum Gasteiger partial charge on any atom is -0.493 e. The lowest BCUT2D eigenvalue weighted by Crippen LogP contribution is -2.31. The van der Waals surface area contributed by atoms with Crippen LogP contribution in [0.2, 0.25) is 0 Å². The van der Waals surface area contributed by atoms with E-state index in [9.17, 15) is 14.9 Å². The van der Waals surface area contributed by atoms with E-state index in [2.05, 4.69) is 0 Å². The van der Waals surface area contributed by atoms with Gasteiger partial charge in [0, 0.05) is 17.8 Å². The number of benzene rings is 3. The number of hydrogen-bond donors (Lipinski definition) is 0. The van der Waals surface area contributed by atoms with Crippen LogP contribution in [0.1, 0.15) is 12.0 Å². The van der Waals surface area contributed by atoms with Crippen LogP contribution in [0.4, 0.5) is 11.4 Å². The van der Waals surface area contributed by atoms with Crippen molar-refractivity contribution in [1.82, 2.24) is 0 Å². The number of nitro benzene ring substituents is 1. The lowest BCUT2D eigenvalue weighted by atomic mass is 10.2. The number of rotatable bonds is 8. The zero-order chi connectivity index (χ0) is 19.8. The molecule has 0 saturated carbocycles. The molecule has 0 atom stereocenters. The van der Waals surface area contributed by atoms with Crippen LogP contribution in [0.25, 0.3) is 0 Å². The molecule has 0 aromatic heterocycles. The van der Waals surface area contributed by atoms with E-state index in [1.165, 1.54) is 24.3 Å². The normalized spacial score (nSPS) is 10.3. The number of non-ortho nitro benzene ring substituents is 1. The molecule has 0 heterocycles. The summed E-state index contributed by atoms with van der Waals surface area (Å²) < 4.78 is 5.58. The van der Waals surface area contributed by atoms with Gasteiger partial charge in [-0.3, -0.25) is 14.9 Å². The highest BCUT2D eigenvalue weighted by Gasteiger charge is 2.16. The first-order chi connectivity index (χ1) is 13.6. The predicted molar refractivity (Wildman–Crippen MR) is 107 cm³/mol. The Morgan fingerprint density at radius 2 is 1.50 bits per heavy atom. The van der Waals surface area contributed by atoms with Crippen molar-refractivity contribution in [2.24, 2.45) is 0 Å². The average molecular weight is 376 g/mol. The van der Waals surface area contributed by atoms with Crippen LogP contribution < -0.4 is 9.64 Å². The molecule has 0 fully saturated rings. The van der Waals surface area contributed by atoms with E-state index in [1.54, 1.807) is 4.90 Å². The van der Waals surface area contributed by atoms with Gasteiger partial charge in [-0.2, -0.15) is 0 Å². The first-order valence-corrected chi connectivity index (χ1v) is 8.90. The second-order valence-corrected chi connectivity index (χ2v) is 6.15. The van der Waals surface area contributed by atoms with Crippen LogP contribution >= 0.6 is 0 Å². The van der Waals surface area contributed by atoms with Crippen molar-refractivity contribution in [3.05, 3.63) is 101 Å². The van der Waals surface area contributed by atoms with E-state index in [0.29, 0.717) is 12.3 Å². The Hall–Kier alpha value is -3.67. The molecule has 142 valence electrons. The highest BCUT2D eigenvalue weighted by Crippen LogP contribution is 2.20. The smallest absolute Gasteiger partial charge is 0.269 e. The lowest BCUT2D eigenvalue weighted by molar-refractivity contribution is -0.384. The summed E-state index contributed by atoms with van der Waals surface area (Å²) >= 11 is 0. The zero-order valence-electron chi connectivity index (χ0n) is 15.2. The third-order valence-corrected chi connectivity index (χ3v) is 4.18. The van der Waals surface area contributed by atoms with E-state index in [1.807, 2.05) is 60.7 Å². The van der Waals surface area contributed by atoms with Gasteiger partial charge in [-0.05, 0) is 29.8 Å². The Morgan fingerprint density at radius 1 is 0.893 bits per heavy atom. The molecule has 28 heavy (non-hydrogen) atoms. The second kappa shape index (κ2) is 9.32. The molecule has 0 aliphatic rings. The number of nitrogens with zero attached hydrogens (tertiary/aromatic N) is 2. The van der Waals surface area contributed by atoms with Crippen molar-refractivity contribution >= 4 is 17.3 Å². The molecule has 0 spiro atoms. The average Bonchev–Trinajstić information content (AvgIpc) is 2.73. The van der Waals surface area contributed by atoms with Gasteiger partial charge in [0.2, 0.25) is 5.91 Å². The number of nitro groups is 1. The molecular formula is C22H20N2O4. The van der Waals surface area contributed by atoms with Gasteiger partial charge in [0.05, 0.1) is 24.5 Å². The highest BCUT2D eigenvalue weighted by atomic mass is 16.6. The van der Waals surface area contributed by atoms with Crippen LogP contribution in [0, 0.1) is 10.1 Å². The minimum atomic E-state index is -0.464. The first kappa shape index (κ1) is 19.1. The molecule has 0 saturated heterocycles. The largest absolute Gasteiger partial charge is 0.493 e. The molecule has 6 nitrogen and oxygen atoms in total. The fraction of sp³-hybridized carbons (Fsp3) is 0.136. The molecule has 0 N–H and O–H groups in total. The SMILES string of the molecule is O=C(CCOc1ccc([N+](=O)[O-])cc1)N(Cc1ccccc1)c1ccccc1. The third-order valence-electron chi connectivity index (χ3n) is 4.18. The monoisotopic (exact) mass is 376 g/mol. The minimum absolute atomic E-state index is 0.00143. The van der Waals surface area contributed by atoms with E-state index in [4.69, 9.17) is 4.74 Å². The van der Waals surface area contributed by atoms with Gasteiger partial charge >= 0.3 is 0 Å². The van der Waals surface area contributed by atoms with Gasteiger partial charge < -0.3 is 9.64 Å². The van der Waals surface area contributed by atoms with Crippen molar-refractivity contribution in [2.45, 2.75) is 13.0 Å². The molecule has 6 heteroatoms. The standard InChI is InChI=1S/C22H20N2O4/c25-22(15-16-28-21-13-11-20(12-14-21)24(26)27)23(19-9-5-2-6-10-19)17-18-7-3-1-4-8-18/h1-14H,15-17H2. The Balaban J connectivity index is 1.63. The molecule has 3 rings (SSSR count). The van der Waals surface area contributed by atoms with Gasteiger partial charge in [0.1, 0.15) is 5.75 Å². The molecule has 0 unspecified atom stereocenters. The quantitative estimate of drug-likeness (QED) is 0.425. The maximum absolute atomic E-state index is 12.8. The third kappa shape index (κ3) is 5.17. The summed E-state index contributed by atoms with van der Waals surface area (Å²) in [5, 5.41) is 10.7. The van der Waals surface area contributed by atoms with Crippen molar-refractivity contribution in [2.75, 3.05) is 11.5 Å². The Labute approximate surface area is 163 Å². The predicted octanol–water partition coefficient (Wildman–Crippen LogP) is 4.60. The van der Waals surface area contributed by atoms with Gasteiger partial charge in [-0.1, -0.05) is 48.5 Å². The molecular weight excluding hydrogens is 356 g/mol. The second-order valence-electron chi connectivity index (χ2n) is 6.15. The molecule has 1 amide bonds. The maximum atomic E-state index is 12.8. The fourth-order valence-corrected chi connectivity index (χ4v) is 2.75. The zero-order valence-corrected chi connectivity index (χ0v) is 15.2. The number of carbonyl (C=O) groups is 1. The van der Waals surface area contributed by atoms with Crippen molar-refractivity contribution in [3.63, 3.8) is 0 Å². The summed E-state index contributed by atoms with van der Waals surface area (Å²) in [7, 11) is 0. The summed E-state index contributed by atoms with van der Waals surface area (Å²) in [4.78, 5) is 24.8. The maximum Gasteiger partial charge on any atom is 0.269 e. The summed E-state index contributed by atoms with van der Waals surface area (Å²) in [5.74, 6) is 0.435. The molecule has 3 aromatic rings. The Kier molecular flexibility index (Phi) is 6.36. The number of hydrogen-bond acceptors (Lipinski definition) is 4. The summed E-state index contributed by atoms with van der Waals surface area (Å²) in [6.07, 6.45) is 0.193. The molecule has 0 bridgehead atoms. The van der Waals surface area contributed by atoms with Gasteiger partial charge in [0.25, 0.3) is 5.69 Å². The van der Waals surface area contributed by atoms with E-state index in [0.717, 1.165) is 11.3 Å². The number of anilines is 1. The Morgan fingerprint density at radius 3 is 2.11 bits per heavy atom. The van der Waals surface area contributed by atoms with Crippen LogP contribution in [0.5, 0.6) is 5.75 Å². The van der Waals surface area contributed by atoms with Crippen molar-refractivity contribution in [1.29, 1.82) is 0 Å². The molecule has 0 aliphatic heterocycles. The van der Waals surface area contributed by atoms with Gasteiger partial charge in [0.15, 0.2) is 0 Å². The van der Waals surface area contributed by atoms with Crippen LogP contribution in [-0.4, -0.2) is 17.4 Å². The summed E-state index contributed by atoms with van der Waals surface area (Å²) in [6, 6.07) is 25.1. The number of para-hydroxylation sites is 1. The summed E-state index contributed by atoms with van der Waals surface area (Å²) in [6.45, 7) is 0.663. The van der Waals surface area contributed by atoms with E-state index >= 15 is 0 Å². The molecule has 0 aliphatic carbocycles. The number of ether oxygens (including phenoxy) is 1. The Bertz CT molecular complexity index is 912. The topological polar surface area (TPSA) is 72.7 Å². The molecule has 3 aromatic carbocycles.